The van der Waals surface area contributed by atoms with Gasteiger partial charge in [-0.05, 0) is 31.5 Å². The lowest BCUT2D eigenvalue weighted by Crippen LogP contribution is -2.46. The molecule has 1 aliphatic heterocycles. The van der Waals surface area contributed by atoms with Crippen molar-refractivity contribution >= 4 is 11.6 Å². The summed E-state index contributed by atoms with van der Waals surface area (Å²) in [7, 11) is 0. The monoisotopic (exact) mass is 278 g/mol. The summed E-state index contributed by atoms with van der Waals surface area (Å²) < 4.78 is 10.8. The van der Waals surface area contributed by atoms with E-state index in [0.717, 1.165) is 17.7 Å². The zero-order valence-electron chi connectivity index (χ0n) is 11.9. The van der Waals surface area contributed by atoms with Gasteiger partial charge in [0, 0.05) is 12.2 Å². The van der Waals surface area contributed by atoms with E-state index in [2.05, 4.69) is 0 Å². The van der Waals surface area contributed by atoms with Crippen LogP contribution in [0.15, 0.2) is 24.3 Å². The number of para-hydroxylation sites is 1. The third-order valence-corrected chi connectivity index (χ3v) is 3.35. The van der Waals surface area contributed by atoms with Gasteiger partial charge in [-0.2, -0.15) is 0 Å². The molecule has 0 spiro atoms. The number of nitrogens with two attached hydrogens (primary N) is 1. The van der Waals surface area contributed by atoms with Crippen molar-refractivity contribution in [3.63, 3.8) is 0 Å². The maximum atomic E-state index is 12.6. The van der Waals surface area contributed by atoms with Crippen molar-refractivity contribution in [3.05, 3.63) is 29.8 Å². The predicted molar refractivity (Wildman–Crippen MR) is 77.8 cm³/mol. The van der Waals surface area contributed by atoms with Crippen LogP contribution < -0.4 is 10.6 Å². The average molecular weight is 278 g/mol. The highest BCUT2D eigenvalue weighted by molar-refractivity contribution is 5.97. The molecule has 110 valence electrons. The Morgan fingerprint density at radius 2 is 2.20 bits per heavy atom. The number of aryl methyl sites for hydroxylation is 1. The summed E-state index contributed by atoms with van der Waals surface area (Å²) in [4.78, 5) is 14.4. The van der Waals surface area contributed by atoms with Gasteiger partial charge in [0.2, 0.25) is 0 Å². The van der Waals surface area contributed by atoms with Crippen molar-refractivity contribution in [2.45, 2.75) is 19.4 Å². The Hall–Kier alpha value is -1.43. The lowest BCUT2D eigenvalue weighted by atomic mass is 10.1. The SMILES string of the molecule is Cc1ccccc1N(CCCN)C(=O)C1COCCO1. The van der Waals surface area contributed by atoms with Gasteiger partial charge in [0.05, 0.1) is 19.8 Å². The lowest BCUT2D eigenvalue weighted by molar-refractivity contribution is -0.144. The molecule has 1 atom stereocenters. The van der Waals surface area contributed by atoms with Crippen LogP contribution in [0.25, 0.3) is 0 Å². The van der Waals surface area contributed by atoms with Crippen molar-refractivity contribution in [1.82, 2.24) is 0 Å². The van der Waals surface area contributed by atoms with Crippen LogP contribution in [0.5, 0.6) is 0 Å². The normalized spacial score (nSPS) is 18.8. The van der Waals surface area contributed by atoms with Crippen LogP contribution in [0, 0.1) is 6.92 Å². The molecule has 1 aliphatic rings. The maximum absolute atomic E-state index is 12.6. The predicted octanol–water partition coefficient (Wildman–Crippen LogP) is 1.09. The molecule has 1 aromatic carbocycles. The maximum Gasteiger partial charge on any atom is 0.258 e. The number of benzene rings is 1. The van der Waals surface area contributed by atoms with E-state index in [4.69, 9.17) is 15.2 Å². The van der Waals surface area contributed by atoms with Crippen molar-refractivity contribution in [2.75, 3.05) is 37.8 Å². The fourth-order valence-corrected chi connectivity index (χ4v) is 2.27. The zero-order chi connectivity index (χ0) is 14.4. The van der Waals surface area contributed by atoms with Gasteiger partial charge < -0.3 is 20.1 Å². The molecule has 1 heterocycles. The molecule has 0 radical (unpaired) electrons. The van der Waals surface area contributed by atoms with Crippen molar-refractivity contribution in [1.29, 1.82) is 0 Å². The van der Waals surface area contributed by atoms with Crippen molar-refractivity contribution in [2.24, 2.45) is 5.73 Å². The van der Waals surface area contributed by atoms with Crippen molar-refractivity contribution < 1.29 is 14.3 Å². The number of hydrogen-bond acceptors (Lipinski definition) is 4. The number of carbonyl (C=O) groups is 1. The first-order chi connectivity index (χ1) is 9.74. The van der Waals surface area contributed by atoms with E-state index in [1.807, 2.05) is 31.2 Å². The first-order valence-electron chi connectivity index (χ1n) is 7.00. The fourth-order valence-electron chi connectivity index (χ4n) is 2.27. The van der Waals surface area contributed by atoms with Gasteiger partial charge in [0.25, 0.3) is 5.91 Å². The molecule has 0 aromatic heterocycles. The average Bonchev–Trinajstić information content (AvgIpc) is 2.50. The number of anilines is 1. The number of hydrogen-bond donors (Lipinski definition) is 1. The molecule has 0 bridgehead atoms. The van der Waals surface area contributed by atoms with Gasteiger partial charge >= 0.3 is 0 Å². The van der Waals surface area contributed by atoms with Gasteiger partial charge in [-0.1, -0.05) is 18.2 Å². The molecule has 2 N–H and O–H groups in total. The van der Waals surface area contributed by atoms with Crippen LogP contribution in [0.1, 0.15) is 12.0 Å². The second kappa shape index (κ2) is 7.38. The van der Waals surface area contributed by atoms with Gasteiger partial charge in [0.1, 0.15) is 0 Å². The van der Waals surface area contributed by atoms with Gasteiger partial charge in [-0.3, -0.25) is 4.79 Å². The number of nitrogens with zero attached hydrogens (tertiary/aromatic N) is 1. The molecule has 1 unspecified atom stereocenters. The van der Waals surface area contributed by atoms with E-state index in [1.54, 1.807) is 4.90 Å². The molecular weight excluding hydrogens is 256 g/mol. The molecule has 0 aliphatic carbocycles. The second-order valence-corrected chi connectivity index (χ2v) is 4.85. The zero-order valence-corrected chi connectivity index (χ0v) is 11.9. The molecule has 0 saturated carbocycles. The van der Waals surface area contributed by atoms with Crippen LogP contribution in [-0.4, -0.2) is 44.9 Å². The molecule has 20 heavy (non-hydrogen) atoms. The summed E-state index contributed by atoms with van der Waals surface area (Å²) >= 11 is 0. The molecule has 5 heteroatoms. The molecule has 1 amide bonds. The third-order valence-electron chi connectivity index (χ3n) is 3.35. The van der Waals surface area contributed by atoms with E-state index < -0.39 is 6.10 Å². The number of amides is 1. The molecule has 1 saturated heterocycles. The van der Waals surface area contributed by atoms with Crippen LogP contribution in [-0.2, 0) is 14.3 Å². The number of ether oxygens (including phenoxy) is 2. The van der Waals surface area contributed by atoms with Gasteiger partial charge in [-0.25, -0.2) is 0 Å². The quantitative estimate of drug-likeness (QED) is 0.875. The molecule has 1 fully saturated rings. The van der Waals surface area contributed by atoms with Crippen molar-refractivity contribution in [3.8, 4) is 0 Å². The molecule has 2 rings (SSSR count). The second-order valence-electron chi connectivity index (χ2n) is 4.85. The summed E-state index contributed by atoms with van der Waals surface area (Å²) in [5, 5.41) is 0. The first kappa shape index (κ1) is 15.0. The van der Waals surface area contributed by atoms with Crippen LogP contribution in [0.4, 0.5) is 5.69 Å². The van der Waals surface area contributed by atoms with E-state index in [-0.39, 0.29) is 5.91 Å². The minimum atomic E-state index is -0.513. The minimum Gasteiger partial charge on any atom is -0.376 e. The number of carbonyl (C=O) groups excluding carboxylic acids is 1. The van der Waals surface area contributed by atoms with E-state index in [9.17, 15) is 4.79 Å². The van der Waals surface area contributed by atoms with E-state index in [0.29, 0.717) is 32.9 Å². The van der Waals surface area contributed by atoms with Gasteiger partial charge in [0.15, 0.2) is 6.10 Å². The number of rotatable bonds is 5. The molecule has 5 nitrogen and oxygen atoms in total. The largest absolute Gasteiger partial charge is 0.376 e. The highest BCUT2D eigenvalue weighted by Crippen LogP contribution is 2.21. The Morgan fingerprint density at radius 3 is 2.85 bits per heavy atom. The topological polar surface area (TPSA) is 64.8 Å². The Balaban J connectivity index is 2.18. The summed E-state index contributed by atoms with van der Waals surface area (Å²) in [5.74, 6) is -0.0487. The van der Waals surface area contributed by atoms with Crippen LogP contribution in [0.2, 0.25) is 0 Å². The molecular formula is C15H22N2O3. The highest BCUT2D eigenvalue weighted by atomic mass is 16.6. The standard InChI is InChI=1S/C15H22N2O3/c1-12-5-2-3-6-13(12)17(8-4-7-16)15(18)14-11-19-9-10-20-14/h2-3,5-6,14H,4,7-11,16H2,1H3. The minimum absolute atomic E-state index is 0.0487. The summed E-state index contributed by atoms with van der Waals surface area (Å²) in [6.07, 6.45) is 0.245. The van der Waals surface area contributed by atoms with Gasteiger partial charge in [-0.15, -0.1) is 0 Å². The Labute approximate surface area is 119 Å². The van der Waals surface area contributed by atoms with E-state index >= 15 is 0 Å². The van der Waals surface area contributed by atoms with Crippen LogP contribution >= 0.6 is 0 Å². The summed E-state index contributed by atoms with van der Waals surface area (Å²) in [5.41, 5.74) is 7.56. The lowest BCUT2D eigenvalue weighted by Gasteiger charge is -2.30. The Morgan fingerprint density at radius 1 is 1.40 bits per heavy atom. The highest BCUT2D eigenvalue weighted by Gasteiger charge is 2.28. The van der Waals surface area contributed by atoms with E-state index in [1.165, 1.54) is 0 Å². The fraction of sp³-hybridized carbons (Fsp3) is 0.533. The summed E-state index contributed by atoms with van der Waals surface area (Å²) in [6.45, 7) is 4.49. The van der Waals surface area contributed by atoms with Crippen LogP contribution in [0.3, 0.4) is 0 Å². The first-order valence-corrected chi connectivity index (χ1v) is 7.00. The smallest absolute Gasteiger partial charge is 0.258 e. The Kier molecular flexibility index (Phi) is 5.52. The third kappa shape index (κ3) is 3.56. The summed E-state index contributed by atoms with van der Waals surface area (Å²) in [6, 6.07) is 7.84. The molecule has 1 aromatic rings. The Bertz CT molecular complexity index is 444.